The number of carbonyl (C=O) groups is 1. The summed E-state index contributed by atoms with van der Waals surface area (Å²) in [5.41, 5.74) is 1.23. The van der Waals surface area contributed by atoms with E-state index in [4.69, 9.17) is 4.74 Å². The second kappa shape index (κ2) is 8.41. The van der Waals surface area contributed by atoms with Crippen LogP contribution in [0.25, 0.3) is 0 Å². The summed E-state index contributed by atoms with van der Waals surface area (Å²) in [6.07, 6.45) is 4.17. The van der Waals surface area contributed by atoms with E-state index in [0.29, 0.717) is 24.0 Å². The molecule has 1 aromatic rings. The number of halogens is 1. The number of hydrogen-bond donors (Lipinski definition) is 1. The van der Waals surface area contributed by atoms with E-state index in [0.717, 1.165) is 18.6 Å². The van der Waals surface area contributed by atoms with Gasteiger partial charge in [-0.25, -0.2) is 0 Å². The Bertz CT molecular complexity index is 581. The Morgan fingerprint density at radius 2 is 1.84 bits per heavy atom. The molecule has 2 aliphatic rings. The number of benzene rings is 1. The van der Waals surface area contributed by atoms with Crippen LogP contribution >= 0.6 is 12.4 Å². The fourth-order valence-corrected chi connectivity index (χ4v) is 4.01. The zero-order valence-electron chi connectivity index (χ0n) is 15.7. The highest BCUT2D eigenvalue weighted by Gasteiger charge is 2.37. The molecule has 2 saturated heterocycles. The van der Waals surface area contributed by atoms with E-state index in [-0.39, 0.29) is 18.3 Å². The summed E-state index contributed by atoms with van der Waals surface area (Å²) in [5, 5.41) is 3.63. The van der Waals surface area contributed by atoms with E-state index in [2.05, 4.69) is 25.2 Å². The summed E-state index contributed by atoms with van der Waals surface area (Å²) in [4.78, 5) is 14.7. The van der Waals surface area contributed by atoms with Crippen LogP contribution in [-0.2, 0) is 4.79 Å². The predicted octanol–water partition coefficient (Wildman–Crippen LogP) is 3.74. The number of piperidine rings is 1. The second-order valence-corrected chi connectivity index (χ2v) is 7.70. The lowest BCUT2D eigenvalue weighted by atomic mass is 9.98. The fourth-order valence-electron chi connectivity index (χ4n) is 4.01. The van der Waals surface area contributed by atoms with Crippen LogP contribution in [-0.4, -0.2) is 42.1 Å². The molecule has 0 aromatic heterocycles. The molecule has 140 valence electrons. The first kappa shape index (κ1) is 20.1. The molecule has 0 saturated carbocycles. The smallest absolute Gasteiger partial charge is 0.263 e. The topological polar surface area (TPSA) is 41.6 Å². The van der Waals surface area contributed by atoms with Crippen LogP contribution in [0, 0.1) is 0 Å². The van der Waals surface area contributed by atoms with Gasteiger partial charge in [0.1, 0.15) is 5.75 Å². The molecule has 0 aliphatic carbocycles. The summed E-state index contributed by atoms with van der Waals surface area (Å²) in [5.74, 6) is 1.31. The second-order valence-electron chi connectivity index (χ2n) is 7.70. The molecule has 1 amide bonds. The minimum Gasteiger partial charge on any atom is -0.481 e. The molecule has 3 unspecified atom stereocenters. The van der Waals surface area contributed by atoms with Crippen molar-refractivity contribution in [2.75, 3.05) is 7.05 Å². The maximum absolute atomic E-state index is 12.8. The van der Waals surface area contributed by atoms with Crippen LogP contribution in [0.2, 0.25) is 0 Å². The first-order chi connectivity index (χ1) is 11.4. The lowest BCUT2D eigenvalue weighted by molar-refractivity contribution is -0.139. The third-order valence-electron chi connectivity index (χ3n) is 5.53. The first-order valence-electron chi connectivity index (χ1n) is 9.23. The van der Waals surface area contributed by atoms with Crippen molar-refractivity contribution in [2.45, 2.75) is 76.6 Å². The summed E-state index contributed by atoms with van der Waals surface area (Å²) in [6, 6.07) is 9.58. The third-order valence-corrected chi connectivity index (χ3v) is 5.53. The van der Waals surface area contributed by atoms with Crippen molar-refractivity contribution in [2.24, 2.45) is 0 Å². The van der Waals surface area contributed by atoms with Crippen molar-refractivity contribution >= 4 is 18.3 Å². The molecule has 2 bridgehead atoms. The number of rotatable bonds is 5. The van der Waals surface area contributed by atoms with Crippen LogP contribution in [0.15, 0.2) is 24.3 Å². The van der Waals surface area contributed by atoms with Crippen LogP contribution in [0.3, 0.4) is 0 Å². The molecular weight excluding hydrogens is 336 g/mol. The molecule has 3 rings (SSSR count). The standard InChI is InChI=1S/C20H30N2O2.ClH/c1-13(2)15-6-5-7-19(10-15)24-14(3)20(23)22(4)18-11-16-8-9-17(12-18)21-16;/h5-7,10,13-14,16-18,21H,8-9,11-12H2,1-4H3;1H. The molecule has 2 heterocycles. The Hall–Kier alpha value is -1.26. The van der Waals surface area contributed by atoms with Crippen molar-refractivity contribution in [1.29, 1.82) is 0 Å². The van der Waals surface area contributed by atoms with E-state index in [1.54, 1.807) is 0 Å². The summed E-state index contributed by atoms with van der Waals surface area (Å²) in [6.45, 7) is 6.18. The number of nitrogens with zero attached hydrogens (tertiary/aromatic N) is 1. The average molecular weight is 367 g/mol. The Kier molecular flexibility index (Phi) is 6.75. The maximum Gasteiger partial charge on any atom is 0.263 e. The van der Waals surface area contributed by atoms with Gasteiger partial charge in [0.25, 0.3) is 5.91 Å². The van der Waals surface area contributed by atoms with Crippen molar-refractivity contribution < 1.29 is 9.53 Å². The number of likely N-dealkylation sites (N-methyl/N-ethyl adjacent to an activating group) is 1. The van der Waals surface area contributed by atoms with Gasteiger partial charge in [-0.05, 0) is 56.2 Å². The highest BCUT2D eigenvalue weighted by molar-refractivity contribution is 5.85. The van der Waals surface area contributed by atoms with Gasteiger partial charge in [-0.1, -0.05) is 26.0 Å². The first-order valence-corrected chi connectivity index (χ1v) is 9.23. The fraction of sp³-hybridized carbons (Fsp3) is 0.650. The van der Waals surface area contributed by atoms with E-state index < -0.39 is 6.10 Å². The van der Waals surface area contributed by atoms with Gasteiger partial charge < -0.3 is 15.0 Å². The zero-order valence-corrected chi connectivity index (χ0v) is 16.5. The van der Waals surface area contributed by atoms with Crippen LogP contribution in [0.1, 0.15) is 57.9 Å². The lowest BCUT2D eigenvalue weighted by Crippen LogP contribution is -2.51. The van der Waals surface area contributed by atoms with Gasteiger partial charge >= 0.3 is 0 Å². The van der Waals surface area contributed by atoms with Gasteiger partial charge in [0.05, 0.1) is 0 Å². The third kappa shape index (κ3) is 4.68. The number of carbonyl (C=O) groups excluding carboxylic acids is 1. The Balaban J connectivity index is 0.00000225. The van der Waals surface area contributed by atoms with Gasteiger partial charge in [-0.15, -0.1) is 12.4 Å². The Morgan fingerprint density at radius 1 is 1.20 bits per heavy atom. The normalized spacial score (nSPS) is 26.0. The molecule has 3 atom stereocenters. The van der Waals surface area contributed by atoms with E-state index >= 15 is 0 Å². The highest BCUT2D eigenvalue weighted by atomic mass is 35.5. The molecule has 1 N–H and O–H groups in total. The molecular formula is C20H31ClN2O2. The highest BCUT2D eigenvalue weighted by Crippen LogP contribution is 2.29. The van der Waals surface area contributed by atoms with E-state index in [1.807, 2.05) is 37.1 Å². The van der Waals surface area contributed by atoms with Gasteiger partial charge in [0.15, 0.2) is 6.10 Å². The molecule has 2 aliphatic heterocycles. The van der Waals surface area contributed by atoms with E-state index in [9.17, 15) is 4.79 Å². The molecule has 25 heavy (non-hydrogen) atoms. The van der Waals surface area contributed by atoms with Gasteiger partial charge in [-0.3, -0.25) is 4.79 Å². The quantitative estimate of drug-likeness (QED) is 0.863. The predicted molar refractivity (Wildman–Crippen MR) is 104 cm³/mol. The summed E-state index contributed by atoms with van der Waals surface area (Å²) >= 11 is 0. The van der Waals surface area contributed by atoms with E-state index in [1.165, 1.54) is 18.4 Å². The molecule has 2 fully saturated rings. The van der Waals surface area contributed by atoms with Crippen molar-refractivity contribution in [1.82, 2.24) is 10.2 Å². The van der Waals surface area contributed by atoms with Crippen molar-refractivity contribution in [3.05, 3.63) is 29.8 Å². The summed E-state index contributed by atoms with van der Waals surface area (Å²) in [7, 11) is 1.93. The van der Waals surface area contributed by atoms with Gasteiger partial charge in [0.2, 0.25) is 0 Å². The SMILES string of the molecule is CC(Oc1cccc(C(C)C)c1)C(=O)N(C)C1CC2CCC(C1)N2.Cl. The largest absolute Gasteiger partial charge is 0.481 e. The molecule has 0 spiro atoms. The maximum atomic E-state index is 12.8. The van der Waals surface area contributed by atoms with Crippen molar-refractivity contribution in [3.8, 4) is 5.75 Å². The number of amides is 1. The lowest BCUT2D eigenvalue weighted by Gasteiger charge is -2.36. The average Bonchev–Trinajstić information content (AvgIpc) is 2.91. The molecule has 0 radical (unpaired) electrons. The number of ether oxygens (including phenoxy) is 1. The molecule has 5 heteroatoms. The minimum absolute atomic E-state index is 0. The van der Waals surface area contributed by atoms with Gasteiger partial charge in [-0.2, -0.15) is 0 Å². The van der Waals surface area contributed by atoms with Crippen LogP contribution in [0.5, 0.6) is 5.75 Å². The van der Waals surface area contributed by atoms with Gasteiger partial charge in [0, 0.05) is 25.2 Å². The van der Waals surface area contributed by atoms with Crippen LogP contribution in [0.4, 0.5) is 0 Å². The summed E-state index contributed by atoms with van der Waals surface area (Å²) < 4.78 is 5.94. The van der Waals surface area contributed by atoms with Crippen molar-refractivity contribution in [3.63, 3.8) is 0 Å². The number of fused-ring (bicyclic) bond motifs is 2. The monoisotopic (exact) mass is 366 g/mol. The molecule has 1 aromatic carbocycles. The number of hydrogen-bond acceptors (Lipinski definition) is 3. The Labute approximate surface area is 157 Å². The molecule has 4 nitrogen and oxygen atoms in total. The minimum atomic E-state index is -0.454. The van der Waals surface area contributed by atoms with Crippen LogP contribution < -0.4 is 10.1 Å². The zero-order chi connectivity index (χ0) is 17.3. The number of nitrogens with one attached hydrogen (secondary N) is 1. The Morgan fingerprint density at radius 3 is 2.44 bits per heavy atom.